The van der Waals surface area contributed by atoms with E-state index in [0.29, 0.717) is 0 Å². The number of para-hydroxylation sites is 3. The fraction of sp³-hybridized carbons (Fsp3) is 0.0476. The van der Waals surface area contributed by atoms with E-state index >= 15 is 0 Å². The monoisotopic (exact) mass is 327 g/mol. The molecule has 2 aromatic carbocycles. The van der Waals surface area contributed by atoms with Crippen molar-refractivity contribution in [3.05, 3.63) is 84.3 Å². The number of hydrogen-bond acceptors (Lipinski definition) is 3. The second-order valence-electron chi connectivity index (χ2n) is 5.56. The average Bonchev–Trinajstić information content (AvgIpc) is 3.05. The number of nitrogens with zero attached hydrogens (tertiary/aromatic N) is 3. The molecule has 0 spiro atoms. The number of ether oxygens (including phenoxy) is 1. The summed E-state index contributed by atoms with van der Waals surface area (Å²) in [5.74, 6) is 2.50. The largest absolute Gasteiger partial charge is 0.496 e. The van der Waals surface area contributed by atoms with Crippen LogP contribution in [0.5, 0.6) is 5.75 Å². The first-order chi connectivity index (χ1) is 12.4. The summed E-state index contributed by atoms with van der Waals surface area (Å²) in [6.07, 6.45) is 5.80. The van der Waals surface area contributed by atoms with Gasteiger partial charge in [-0.2, -0.15) is 0 Å². The first-order valence-corrected chi connectivity index (χ1v) is 8.07. The van der Waals surface area contributed by atoms with Gasteiger partial charge in [0.15, 0.2) is 0 Å². The molecule has 0 amide bonds. The Labute approximate surface area is 146 Å². The molecular formula is C21H17N3O. The van der Waals surface area contributed by atoms with Gasteiger partial charge >= 0.3 is 0 Å². The summed E-state index contributed by atoms with van der Waals surface area (Å²) in [5, 5.41) is 0. The van der Waals surface area contributed by atoms with Gasteiger partial charge in [0.2, 0.25) is 0 Å². The summed E-state index contributed by atoms with van der Waals surface area (Å²) >= 11 is 0. The number of aromatic nitrogens is 3. The number of imidazole rings is 1. The summed E-state index contributed by atoms with van der Waals surface area (Å²) in [7, 11) is 1.68. The molecule has 0 radical (unpaired) electrons. The van der Waals surface area contributed by atoms with E-state index in [1.54, 1.807) is 13.3 Å². The SMILES string of the molecule is COc1ccccc1/C=C/c1nc2ccccc2n1-c1ccccn1. The highest BCUT2D eigenvalue weighted by atomic mass is 16.5. The second kappa shape index (κ2) is 6.61. The van der Waals surface area contributed by atoms with Gasteiger partial charge in [0.1, 0.15) is 17.4 Å². The van der Waals surface area contributed by atoms with Crippen molar-refractivity contribution in [1.82, 2.24) is 14.5 Å². The minimum atomic E-state index is 0.825. The zero-order valence-corrected chi connectivity index (χ0v) is 13.8. The van der Waals surface area contributed by atoms with Crippen LogP contribution in [0, 0.1) is 0 Å². The van der Waals surface area contributed by atoms with E-state index < -0.39 is 0 Å². The van der Waals surface area contributed by atoms with Crippen molar-refractivity contribution in [1.29, 1.82) is 0 Å². The third kappa shape index (κ3) is 2.90. The minimum Gasteiger partial charge on any atom is -0.496 e. The van der Waals surface area contributed by atoms with Gasteiger partial charge in [-0.05, 0) is 42.5 Å². The van der Waals surface area contributed by atoms with Gasteiger partial charge in [0.05, 0.1) is 18.1 Å². The first-order valence-electron chi connectivity index (χ1n) is 8.07. The number of benzene rings is 2. The molecule has 0 fully saturated rings. The zero-order chi connectivity index (χ0) is 17.1. The molecule has 0 saturated carbocycles. The van der Waals surface area contributed by atoms with Gasteiger partial charge in [-0.1, -0.05) is 36.4 Å². The maximum absolute atomic E-state index is 5.42. The van der Waals surface area contributed by atoms with Crippen molar-refractivity contribution < 1.29 is 4.74 Å². The van der Waals surface area contributed by atoms with E-state index in [4.69, 9.17) is 9.72 Å². The molecule has 2 heterocycles. The van der Waals surface area contributed by atoms with Crippen molar-refractivity contribution >= 4 is 23.2 Å². The molecule has 4 heteroatoms. The molecule has 0 atom stereocenters. The van der Waals surface area contributed by atoms with E-state index in [0.717, 1.165) is 34.0 Å². The molecule has 4 aromatic rings. The smallest absolute Gasteiger partial charge is 0.139 e. The molecule has 0 aliphatic heterocycles. The van der Waals surface area contributed by atoms with Gasteiger partial charge in [0.25, 0.3) is 0 Å². The highest BCUT2D eigenvalue weighted by Gasteiger charge is 2.10. The Kier molecular flexibility index (Phi) is 4.01. The molecule has 0 bridgehead atoms. The zero-order valence-electron chi connectivity index (χ0n) is 13.8. The molecule has 0 aliphatic carbocycles. The number of fused-ring (bicyclic) bond motifs is 1. The van der Waals surface area contributed by atoms with Gasteiger partial charge < -0.3 is 4.74 Å². The molecule has 0 N–H and O–H groups in total. The molecule has 0 unspecified atom stereocenters. The summed E-state index contributed by atoms with van der Waals surface area (Å²) < 4.78 is 7.47. The summed E-state index contributed by atoms with van der Waals surface area (Å²) in [4.78, 5) is 9.24. The highest BCUT2D eigenvalue weighted by Crippen LogP contribution is 2.24. The van der Waals surface area contributed by atoms with Gasteiger partial charge in [-0.25, -0.2) is 9.97 Å². The fourth-order valence-corrected chi connectivity index (χ4v) is 2.85. The van der Waals surface area contributed by atoms with Crippen molar-refractivity contribution in [2.75, 3.05) is 7.11 Å². The van der Waals surface area contributed by atoms with Crippen LogP contribution in [0.15, 0.2) is 72.9 Å². The van der Waals surface area contributed by atoms with E-state index in [1.807, 2.05) is 72.8 Å². The average molecular weight is 327 g/mol. The molecule has 25 heavy (non-hydrogen) atoms. The van der Waals surface area contributed by atoms with Crippen LogP contribution in [-0.2, 0) is 0 Å². The topological polar surface area (TPSA) is 39.9 Å². The Morgan fingerprint density at radius 2 is 1.68 bits per heavy atom. The van der Waals surface area contributed by atoms with E-state index in [-0.39, 0.29) is 0 Å². The number of hydrogen-bond donors (Lipinski definition) is 0. The third-order valence-electron chi connectivity index (χ3n) is 4.02. The Morgan fingerprint density at radius 1 is 0.880 bits per heavy atom. The Balaban J connectivity index is 1.86. The lowest BCUT2D eigenvalue weighted by Gasteiger charge is -2.06. The van der Waals surface area contributed by atoms with Crippen molar-refractivity contribution in [3.8, 4) is 11.6 Å². The predicted octanol–water partition coefficient (Wildman–Crippen LogP) is 4.60. The van der Waals surface area contributed by atoms with Crippen molar-refractivity contribution in [2.24, 2.45) is 0 Å². The third-order valence-corrected chi connectivity index (χ3v) is 4.02. The molecule has 4 nitrogen and oxygen atoms in total. The maximum atomic E-state index is 5.42. The maximum Gasteiger partial charge on any atom is 0.139 e. The summed E-state index contributed by atoms with van der Waals surface area (Å²) in [5.41, 5.74) is 2.97. The summed E-state index contributed by atoms with van der Waals surface area (Å²) in [6.45, 7) is 0. The lowest BCUT2D eigenvalue weighted by molar-refractivity contribution is 0.414. The highest BCUT2D eigenvalue weighted by molar-refractivity contribution is 5.82. The quantitative estimate of drug-likeness (QED) is 0.550. The first kappa shape index (κ1) is 15.1. The van der Waals surface area contributed by atoms with Crippen LogP contribution in [0.2, 0.25) is 0 Å². The Morgan fingerprint density at radius 3 is 2.52 bits per heavy atom. The lowest BCUT2D eigenvalue weighted by atomic mass is 10.2. The normalized spacial score (nSPS) is 11.2. The molecule has 0 saturated heterocycles. The molecule has 2 aromatic heterocycles. The van der Waals surface area contributed by atoms with E-state index in [2.05, 4.69) is 15.6 Å². The fourth-order valence-electron chi connectivity index (χ4n) is 2.85. The molecule has 122 valence electrons. The van der Waals surface area contributed by atoms with Crippen molar-refractivity contribution in [2.45, 2.75) is 0 Å². The number of rotatable bonds is 4. The van der Waals surface area contributed by atoms with Crippen LogP contribution in [0.3, 0.4) is 0 Å². The lowest BCUT2D eigenvalue weighted by Crippen LogP contribution is -1.99. The van der Waals surface area contributed by atoms with Crippen LogP contribution >= 0.6 is 0 Å². The van der Waals surface area contributed by atoms with Crippen LogP contribution in [0.4, 0.5) is 0 Å². The molecule has 0 aliphatic rings. The minimum absolute atomic E-state index is 0.825. The van der Waals surface area contributed by atoms with Crippen LogP contribution in [0.25, 0.3) is 29.0 Å². The van der Waals surface area contributed by atoms with Gasteiger partial charge in [0, 0.05) is 11.8 Å². The molecular weight excluding hydrogens is 310 g/mol. The van der Waals surface area contributed by atoms with Crippen LogP contribution in [-0.4, -0.2) is 21.6 Å². The standard InChI is InChI=1S/C21H17N3O/c1-25-19-11-5-2-8-16(19)13-14-21-23-17-9-3-4-10-18(17)24(21)20-12-6-7-15-22-20/h2-15H,1H3/b14-13+. The van der Waals surface area contributed by atoms with Crippen LogP contribution in [0.1, 0.15) is 11.4 Å². The Bertz CT molecular complexity index is 1040. The van der Waals surface area contributed by atoms with Crippen LogP contribution < -0.4 is 4.74 Å². The second-order valence-corrected chi connectivity index (χ2v) is 5.56. The Hall–Kier alpha value is -3.40. The van der Waals surface area contributed by atoms with Gasteiger partial charge in [-0.15, -0.1) is 0 Å². The van der Waals surface area contributed by atoms with Gasteiger partial charge in [-0.3, -0.25) is 4.57 Å². The van der Waals surface area contributed by atoms with Crippen molar-refractivity contribution in [3.63, 3.8) is 0 Å². The number of pyridine rings is 1. The van der Waals surface area contributed by atoms with E-state index in [9.17, 15) is 0 Å². The summed E-state index contributed by atoms with van der Waals surface area (Å²) in [6, 6.07) is 21.8. The molecule has 4 rings (SSSR count). The predicted molar refractivity (Wildman–Crippen MR) is 101 cm³/mol. The number of methoxy groups -OCH3 is 1. The van der Waals surface area contributed by atoms with E-state index in [1.165, 1.54) is 0 Å².